The van der Waals surface area contributed by atoms with Gasteiger partial charge in [0.1, 0.15) is 0 Å². The van der Waals surface area contributed by atoms with Crippen molar-refractivity contribution in [2.75, 3.05) is 13.1 Å². The lowest BCUT2D eigenvalue weighted by Crippen LogP contribution is -2.55. The highest BCUT2D eigenvalue weighted by atomic mass is 79.9. The monoisotopic (exact) mass is 466 g/mol. The van der Waals surface area contributed by atoms with Gasteiger partial charge in [-0.25, -0.2) is 0 Å². The van der Waals surface area contributed by atoms with Crippen LogP contribution in [0, 0.1) is 0 Å². The van der Waals surface area contributed by atoms with E-state index in [-0.39, 0.29) is 28.1 Å². The molecule has 3 atom stereocenters. The summed E-state index contributed by atoms with van der Waals surface area (Å²) in [5, 5.41) is 13.8. The molecule has 4 rings (SSSR count). The highest BCUT2D eigenvalue weighted by Crippen LogP contribution is 2.49. The number of halogens is 2. The standard InChI is InChI=1S/C21H23ClN2OS.BrH/c1-15-21(25,24-14-6-5-13-23-20(24)26-15)19(16-7-3-2-4-8-16)17-9-11-18(22)12-10-17;/h2-4,7-12,15,19,25H,5-6,13-14H2,1H3;1H. The van der Waals surface area contributed by atoms with Crippen LogP contribution in [-0.2, 0) is 0 Å². The molecule has 1 fully saturated rings. The molecule has 0 saturated carbocycles. The predicted molar refractivity (Wildman–Crippen MR) is 120 cm³/mol. The van der Waals surface area contributed by atoms with Crippen molar-refractivity contribution in [2.24, 2.45) is 4.99 Å². The zero-order chi connectivity index (χ0) is 18.1. The molecule has 6 heteroatoms. The van der Waals surface area contributed by atoms with E-state index in [9.17, 15) is 5.11 Å². The van der Waals surface area contributed by atoms with Crippen LogP contribution in [0.4, 0.5) is 0 Å². The van der Waals surface area contributed by atoms with Crippen molar-refractivity contribution in [3.05, 3.63) is 70.7 Å². The lowest BCUT2D eigenvalue weighted by atomic mass is 9.80. The van der Waals surface area contributed by atoms with Crippen LogP contribution in [-0.4, -0.2) is 39.2 Å². The van der Waals surface area contributed by atoms with Gasteiger partial charge in [0.15, 0.2) is 10.9 Å². The maximum absolute atomic E-state index is 12.1. The lowest BCUT2D eigenvalue weighted by molar-refractivity contribution is -0.0736. The largest absolute Gasteiger partial charge is 0.369 e. The number of aliphatic hydroxyl groups is 1. The van der Waals surface area contributed by atoms with E-state index in [1.165, 1.54) is 0 Å². The van der Waals surface area contributed by atoms with E-state index in [1.807, 2.05) is 42.5 Å². The third-order valence-electron chi connectivity index (χ3n) is 5.34. The summed E-state index contributed by atoms with van der Waals surface area (Å²) in [6.45, 7) is 3.79. The molecule has 1 N–H and O–H groups in total. The molecule has 2 aliphatic heterocycles. The van der Waals surface area contributed by atoms with Crippen LogP contribution in [0.3, 0.4) is 0 Å². The summed E-state index contributed by atoms with van der Waals surface area (Å²) in [6.07, 6.45) is 2.12. The molecule has 2 aromatic rings. The van der Waals surface area contributed by atoms with E-state index in [0.29, 0.717) is 5.02 Å². The van der Waals surface area contributed by atoms with Crippen LogP contribution in [0.1, 0.15) is 36.8 Å². The van der Waals surface area contributed by atoms with Gasteiger partial charge in [-0.3, -0.25) is 4.99 Å². The molecule has 27 heavy (non-hydrogen) atoms. The first-order valence-electron chi connectivity index (χ1n) is 9.12. The van der Waals surface area contributed by atoms with E-state index in [1.54, 1.807) is 11.8 Å². The molecular weight excluding hydrogens is 444 g/mol. The van der Waals surface area contributed by atoms with Gasteiger partial charge in [-0.05, 0) is 43.0 Å². The van der Waals surface area contributed by atoms with Crippen molar-refractivity contribution in [1.29, 1.82) is 0 Å². The highest BCUT2D eigenvalue weighted by molar-refractivity contribution is 8.93. The van der Waals surface area contributed by atoms with E-state index in [4.69, 9.17) is 16.6 Å². The fraction of sp³-hybridized carbons (Fsp3) is 0.381. The van der Waals surface area contributed by atoms with Crippen LogP contribution in [0.15, 0.2) is 59.6 Å². The summed E-state index contributed by atoms with van der Waals surface area (Å²) in [4.78, 5) is 6.88. The Labute approximate surface area is 180 Å². The molecule has 1 saturated heterocycles. The average molecular weight is 468 g/mol. The fourth-order valence-corrected chi connectivity index (χ4v) is 5.42. The molecule has 0 aliphatic carbocycles. The topological polar surface area (TPSA) is 35.8 Å². The molecule has 2 heterocycles. The Kier molecular flexibility index (Phi) is 6.57. The van der Waals surface area contributed by atoms with Crippen molar-refractivity contribution >= 4 is 45.5 Å². The second-order valence-electron chi connectivity index (χ2n) is 6.96. The Balaban J connectivity index is 0.00000210. The van der Waals surface area contributed by atoms with Gasteiger partial charge in [-0.15, -0.1) is 17.0 Å². The van der Waals surface area contributed by atoms with Gasteiger partial charge in [0.25, 0.3) is 0 Å². The maximum atomic E-state index is 12.1. The second-order valence-corrected chi connectivity index (χ2v) is 8.71. The van der Waals surface area contributed by atoms with Crippen molar-refractivity contribution in [3.8, 4) is 0 Å². The third kappa shape index (κ3) is 3.80. The molecular formula is C21H24BrClN2OS. The first-order valence-corrected chi connectivity index (χ1v) is 10.4. The number of amidine groups is 1. The Morgan fingerprint density at radius 2 is 1.78 bits per heavy atom. The molecule has 0 aromatic heterocycles. The van der Waals surface area contributed by atoms with E-state index in [0.717, 1.165) is 42.2 Å². The number of nitrogens with zero attached hydrogens (tertiary/aromatic N) is 2. The molecule has 0 radical (unpaired) electrons. The zero-order valence-corrected chi connectivity index (χ0v) is 18.5. The summed E-state index contributed by atoms with van der Waals surface area (Å²) in [5.41, 5.74) is 1.15. The Morgan fingerprint density at radius 1 is 1.11 bits per heavy atom. The molecule has 144 valence electrons. The quantitative estimate of drug-likeness (QED) is 0.663. The van der Waals surface area contributed by atoms with Crippen LogP contribution in [0.25, 0.3) is 0 Å². The SMILES string of the molecule is Br.CC1SC2=NCCCCN2C1(O)C(c1ccccc1)c1ccc(Cl)cc1. The summed E-state index contributed by atoms with van der Waals surface area (Å²) < 4.78 is 0. The normalized spacial score (nSPS) is 25.8. The van der Waals surface area contributed by atoms with E-state index in [2.05, 4.69) is 24.0 Å². The van der Waals surface area contributed by atoms with Gasteiger partial charge in [0.2, 0.25) is 0 Å². The fourth-order valence-electron chi connectivity index (χ4n) is 4.01. The second kappa shape index (κ2) is 8.56. The number of aliphatic imine (C=N–C) groups is 1. The molecule has 0 spiro atoms. The van der Waals surface area contributed by atoms with Crippen molar-refractivity contribution in [2.45, 2.75) is 36.7 Å². The highest BCUT2D eigenvalue weighted by Gasteiger charge is 2.55. The van der Waals surface area contributed by atoms with Crippen LogP contribution in [0.2, 0.25) is 5.02 Å². The van der Waals surface area contributed by atoms with Gasteiger partial charge in [0.05, 0.1) is 11.2 Å². The van der Waals surface area contributed by atoms with Crippen LogP contribution in [0.5, 0.6) is 0 Å². The van der Waals surface area contributed by atoms with Gasteiger partial charge < -0.3 is 10.0 Å². The predicted octanol–water partition coefficient (Wildman–Crippen LogP) is 5.33. The number of benzene rings is 2. The van der Waals surface area contributed by atoms with Crippen LogP contribution < -0.4 is 0 Å². The summed E-state index contributed by atoms with van der Waals surface area (Å²) in [6, 6.07) is 18.1. The first-order chi connectivity index (χ1) is 12.6. The minimum atomic E-state index is -1.02. The number of hydrogen-bond acceptors (Lipinski definition) is 4. The average Bonchev–Trinajstić information content (AvgIpc) is 2.81. The molecule has 0 amide bonds. The van der Waals surface area contributed by atoms with Crippen molar-refractivity contribution < 1.29 is 5.11 Å². The van der Waals surface area contributed by atoms with Crippen molar-refractivity contribution in [1.82, 2.24) is 4.90 Å². The summed E-state index contributed by atoms with van der Waals surface area (Å²) >= 11 is 7.81. The smallest absolute Gasteiger partial charge is 0.162 e. The molecule has 3 unspecified atom stereocenters. The van der Waals surface area contributed by atoms with Gasteiger partial charge in [0, 0.05) is 18.1 Å². The van der Waals surface area contributed by atoms with Crippen molar-refractivity contribution in [3.63, 3.8) is 0 Å². The Morgan fingerprint density at radius 3 is 2.48 bits per heavy atom. The van der Waals surface area contributed by atoms with Gasteiger partial charge >= 0.3 is 0 Å². The number of thioether (sulfide) groups is 1. The Bertz CT molecular complexity index is 802. The first kappa shape index (κ1) is 20.7. The molecule has 2 aliphatic rings. The minimum absolute atomic E-state index is 0. The number of rotatable bonds is 3. The number of fused-ring (bicyclic) bond motifs is 1. The molecule has 0 bridgehead atoms. The Hall–Kier alpha value is -1.01. The minimum Gasteiger partial charge on any atom is -0.369 e. The van der Waals surface area contributed by atoms with Gasteiger partial charge in [-0.2, -0.15) is 0 Å². The third-order valence-corrected chi connectivity index (χ3v) is 6.85. The maximum Gasteiger partial charge on any atom is 0.162 e. The van der Waals surface area contributed by atoms with Gasteiger partial charge in [-0.1, -0.05) is 65.8 Å². The lowest BCUT2D eigenvalue weighted by Gasteiger charge is -2.43. The van der Waals surface area contributed by atoms with Crippen LogP contribution >= 0.6 is 40.3 Å². The summed E-state index contributed by atoms with van der Waals surface area (Å²) in [7, 11) is 0. The van der Waals surface area contributed by atoms with E-state index >= 15 is 0 Å². The summed E-state index contributed by atoms with van der Waals surface area (Å²) in [5.74, 6) is -0.172. The zero-order valence-electron chi connectivity index (χ0n) is 15.2. The molecule has 2 aromatic carbocycles. The molecule has 3 nitrogen and oxygen atoms in total. The van der Waals surface area contributed by atoms with E-state index < -0.39 is 5.72 Å². The number of hydrogen-bond donors (Lipinski definition) is 1.